The lowest BCUT2D eigenvalue weighted by atomic mass is 9.96. The number of ether oxygens (including phenoxy) is 1. The minimum Gasteiger partial charge on any atom is -0.457 e. The van der Waals surface area contributed by atoms with Crippen molar-refractivity contribution < 1.29 is 9.53 Å². The Balaban J connectivity index is 1.13. The first-order valence-electron chi connectivity index (χ1n) is 11.9. The van der Waals surface area contributed by atoms with Crippen LogP contribution in [0.5, 0.6) is 11.5 Å². The molecule has 6 nitrogen and oxygen atoms in total. The van der Waals surface area contributed by atoms with Gasteiger partial charge in [0.05, 0.1) is 0 Å². The zero-order valence-electron chi connectivity index (χ0n) is 19.7. The van der Waals surface area contributed by atoms with Crippen molar-refractivity contribution in [3.05, 3.63) is 96.8 Å². The first-order valence-corrected chi connectivity index (χ1v) is 11.9. The van der Waals surface area contributed by atoms with Crippen LogP contribution in [0.25, 0.3) is 11.1 Å². The van der Waals surface area contributed by atoms with Crippen molar-refractivity contribution in [2.45, 2.75) is 19.8 Å². The average Bonchev–Trinajstić information content (AvgIpc) is 2.91. The number of amides is 1. The minimum atomic E-state index is -0.0296. The number of hydrogen-bond acceptors (Lipinski definition) is 5. The minimum absolute atomic E-state index is 0.0296. The van der Waals surface area contributed by atoms with Gasteiger partial charge in [-0.1, -0.05) is 48.0 Å². The first kappa shape index (κ1) is 22.6. The molecule has 0 aliphatic carbocycles. The van der Waals surface area contributed by atoms with E-state index >= 15 is 0 Å². The van der Waals surface area contributed by atoms with E-state index in [1.54, 1.807) is 0 Å². The van der Waals surface area contributed by atoms with E-state index < -0.39 is 0 Å². The van der Waals surface area contributed by atoms with Gasteiger partial charge in [0.15, 0.2) is 0 Å². The molecule has 0 saturated carbocycles. The van der Waals surface area contributed by atoms with Gasteiger partial charge in [-0.15, -0.1) is 0 Å². The van der Waals surface area contributed by atoms with Crippen LogP contribution in [-0.4, -0.2) is 29.0 Å². The van der Waals surface area contributed by atoms with Gasteiger partial charge in [-0.25, -0.2) is 9.97 Å². The number of carbonyl (C=O) groups is 1. The number of rotatable bonds is 6. The number of nitrogens with zero attached hydrogens (tertiary/aromatic N) is 3. The maximum Gasteiger partial charge on any atom is 0.227 e. The van der Waals surface area contributed by atoms with Crippen molar-refractivity contribution in [1.82, 2.24) is 9.97 Å². The number of nitrogens with one attached hydrogen (secondary N) is 1. The maximum absolute atomic E-state index is 12.8. The van der Waals surface area contributed by atoms with Crippen LogP contribution in [-0.2, 0) is 4.79 Å². The molecule has 1 amide bonds. The predicted molar refractivity (Wildman–Crippen MR) is 139 cm³/mol. The molecule has 0 unspecified atom stereocenters. The van der Waals surface area contributed by atoms with Crippen LogP contribution in [0.4, 0.5) is 11.6 Å². The quantitative estimate of drug-likeness (QED) is 0.373. The fourth-order valence-electron chi connectivity index (χ4n) is 4.28. The van der Waals surface area contributed by atoms with E-state index in [9.17, 15) is 4.79 Å². The molecule has 1 N–H and O–H groups in total. The van der Waals surface area contributed by atoms with Crippen molar-refractivity contribution in [3.63, 3.8) is 0 Å². The Hall–Kier alpha value is -4.19. The van der Waals surface area contributed by atoms with Gasteiger partial charge in [0, 0.05) is 42.7 Å². The number of benzene rings is 3. The van der Waals surface area contributed by atoms with E-state index in [1.807, 2.05) is 73.1 Å². The SMILES string of the molecule is Cc1cccc(-c2cnc(N3CCC(C(=O)Nc4ccc(Oc5ccccc5)cc4)CC3)nc2)c1. The van der Waals surface area contributed by atoms with Gasteiger partial charge in [-0.2, -0.15) is 0 Å². The number of aromatic nitrogens is 2. The normalized spacial score (nSPS) is 13.9. The lowest BCUT2D eigenvalue weighted by Crippen LogP contribution is -2.39. The second-order valence-electron chi connectivity index (χ2n) is 8.83. The lowest BCUT2D eigenvalue weighted by molar-refractivity contribution is -0.120. The molecule has 6 heteroatoms. The third-order valence-electron chi connectivity index (χ3n) is 6.24. The Kier molecular flexibility index (Phi) is 6.70. The molecule has 1 saturated heterocycles. The van der Waals surface area contributed by atoms with Crippen LogP contribution in [0.2, 0.25) is 0 Å². The molecule has 4 aromatic rings. The van der Waals surface area contributed by atoms with Crippen molar-refractivity contribution in [2.24, 2.45) is 5.92 Å². The van der Waals surface area contributed by atoms with E-state index in [1.165, 1.54) is 5.56 Å². The second kappa shape index (κ2) is 10.4. The van der Waals surface area contributed by atoms with Gasteiger partial charge < -0.3 is 15.0 Å². The lowest BCUT2D eigenvalue weighted by Gasteiger charge is -2.31. The summed E-state index contributed by atoms with van der Waals surface area (Å²) in [6.45, 7) is 3.59. The fraction of sp³-hybridized carbons (Fsp3) is 0.207. The zero-order valence-corrected chi connectivity index (χ0v) is 19.7. The third-order valence-corrected chi connectivity index (χ3v) is 6.24. The first-order chi connectivity index (χ1) is 17.1. The number of carbonyl (C=O) groups excluding carboxylic acids is 1. The van der Waals surface area contributed by atoms with E-state index in [4.69, 9.17) is 4.74 Å². The van der Waals surface area contributed by atoms with Crippen LogP contribution in [0.3, 0.4) is 0 Å². The molecule has 176 valence electrons. The molecule has 1 aliphatic heterocycles. The van der Waals surface area contributed by atoms with E-state index in [0.29, 0.717) is 5.95 Å². The van der Waals surface area contributed by atoms with Crippen molar-refractivity contribution in [1.29, 1.82) is 0 Å². The van der Waals surface area contributed by atoms with E-state index in [2.05, 4.69) is 45.3 Å². The standard InChI is InChI=1S/C29H28N4O2/c1-21-6-5-7-23(18-21)24-19-30-29(31-20-24)33-16-14-22(15-17-33)28(34)32-25-10-12-27(13-11-25)35-26-8-3-2-4-9-26/h2-13,18-20,22H,14-17H2,1H3,(H,32,34). The summed E-state index contributed by atoms with van der Waals surface area (Å²) in [6.07, 6.45) is 5.29. The molecule has 3 aromatic carbocycles. The maximum atomic E-state index is 12.8. The van der Waals surface area contributed by atoms with Crippen molar-refractivity contribution in [2.75, 3.05) is 23.3 Å². The molecule has 0 atom stereocenters. The van der Waals surface area contributed by atoms with Crippen LogP contribution in [0.1, 0.15) is 18.4 Å². The van der Waals surface area contributed by atoms with Gasteiger partial charge in [-0.3, -0.25) is 4.79 Å². The Morgan fingerprint density at radius 2 is 1.54 bits per heavy atom. The summed E-state index contributed by atoms with van der Waals surface area (Å²) in [5.41, 5.74) is 4.11. The Morgan fingerprint density at radius 1 is 0.857 bits per heavy atom. The highest BCUT2D eigenvalue weighted by molar-refractivity contribution is 5.92. The topological polar surface area (TPSA) is 67.4 Å². The Morgan fingerprint density at radius 3 is 2.23 bits per heavy atom. The summed E-state index contributed by atoms with van der Waals surface area (Å²) in [5, 5.41) is 3.04. The highest BCUT2D eigenvalue weighted by Crippen LogP contribution is 2.26. The monoisotopic (exact) mass is 464 g/mol. The number of anilines is 2. The Labute approximate surface area is 205 Å². The van der Waals surface area contributed by atoms with Crippen molar-refractivity contribution in [3.8, 4) is 22.6 Å². The molecule has 1 aliphatic rings. The average molecular weight is 465 g/mol. The highest BCUT2D eigenvalue weighted by atomic mass is 16.5. The summed E-state index contributed by atoms with van der Waals surface area (Å²) in [7, 11) is 0. The summed E-state index contributed by atoms with van der Waals surface area (Å²) < 4.78 is 5.82. The highest BCUT2D eigenvalue weighted by Gasteiger charge is 2.26. The third kappa shape index (κ3) is 5.66. The van der Waals surface area contributed by atoms with Gasteiger partial charge >= 0.3 is 0 Å². The number of hydrogen-bond donors (Lipinski definition) is 1. The second-order valence-corrected chi connectivity index (χ2v) is 8.83. The summed E-state index contributed by atoms with van der Waals surface area (Å²) >= 11 is 0. The number of piperidine rings is 1. The molecule has 2 heterocycles. The molecule has 0 radical (unpaired) electrons. The zero-order chi connectivity index (χ0) is 24.0. The molecule has 1 fully saturated rings. The van der Waals surface area contributed by atoms with Gasteiger partial charge in [0.25, 0.3) is 0 Å². The molecule has 35 heavy (non-hydrogen) atoms. The Bertz CT molecular complexity index is 1270. The predicted octanol–water partition coefficient (Wildman–Crippen LogP) is 6.10. The van der Waals surface area contributed by atoms with Crippen molar-refractivity contribution >= 4 is 17.5 Å². The van der Waals surface area contributed by atoms with E-state index in [0.717, 1.165) is 54.2 Å². The smallest absolute Gasteiger partial charge is 0.227 e. The van der Waals surface area contributed by atoms with Gasteiger partial charge in [0.1, 0.15) is 11.5 Å². The van der Waals surface area contributed by atoms with E-state index in [-0.39, 0.29) is 11.8 Å². The van der Waals surface area contributed by atoms with Crippen LogP contribution < -0.4 is 15.0 Å². The number of para-hydroxylation sites is 1. The summed E-state index contributed by atoms with van der Waals surface area (Å²) in [4.78, 5) is 24.1. The summed E-state index contributed by atoms with van der Waals surface area (Å²) in [6, 6.07) is 25.4. The molecule has 0 spiro atoms. The molecule has 0 bridgehead atoms. The van der Waals surface area contributed by atoms with Crippen LogP contribution >= 0.6 is 0 Å². The summed E-state index contributed by atoms with van der Waals surface area (Å²) in [5.74, 6) is 2.25. The van der Waals surface area contributed by atoms with Crippen LogP contribution in [0.15, 0.2) is 91.3 Å². The number of aryl methyl sites for hydroxylation is 1. The fourth-order valence-corrected chi connectivity index (χ4v) is 4.28. The van der Waals surface area contributed by atoms with Crippen LogP contribution in [0, 0.1) is 12.8 Å². The molecular weight excluding hydrogens is 436 g/mol. The molecule has 5 rings (SSSR count). The van der Waals surface area contributed by atoms with Gasteiger partial charge in [0.2, 0.25) is 11.9 Å². The van der Waals surface area contributed by atoms with Gasteiger partial charge in [-0.05, 0) is 61.7 Å². The molecular formula is C29H28N4O2. The molecule has 1 aromatic heterocycles. The largest absolute Gasteiger partial charge is 0.457 e.